The Hall–Kier alpha value is -2.73. The van der Waals surface area contributed by atoms with Crippen molar-refractivity contribution >= 4 is 35.2 Å². The molecule has 0 heterocycles. The lowest BCUT2D eigenvalue weighted by atomic mass is 9.74. The van der Waals surface area contributed by atoms with E-state index in [4.69, 9.17) is 16.3 Å². The van der Waals surface area contributed by atoms with Gasteiger partial charge in [-0.3, -0.25) is 4.79 Å². The molecule has 150 valence electrons. The van der Waals surface area contributed by atoms with Crippen LogP contribution in [0, 0.1) is 5.41 Å². The molecule has 2 rings (SSSR count). The van der Waals surface area contributed by atoms with Gasteiger partial charge in [0.25, 0.3) is 0 Å². The van der Waals surface area contributed by atoms with Gasteiger partial charge in [-0.1, -0.05) is 29.8 Å². The minimum atomic E-state index is -1.36. The van der Waals surface area contributed by atoms with E-state index in [0.29, 0.717) is 35.0 Å². The Morgan fingerprint density at radius 1 is 1.18 bits per heavy atom. The Morgan fingerprint density at radius 2 is 1.86 bits per heavy atom. The first-order chi connectivity index (χ1) is 13.1. The average molecular weight is 405 g/mol. The van der Waals surface area contributed by atoms with Crippen LogP contribution in [-0.2, 0) is 16.1 Å². The molecule has 28 heavy (non-hydrogen) atoms. The lowest BCUT2D eigenvalue weighted by Gasteiger charge is -2.38. The smallest absolute Gasteiger partial charge is 0.311 e. The summed E-state index contributed by atoms with van der Waals surface area (Å²) in [6.07, 6.45) is 0.623. The summed E-state index contributed by atoms with van der Waals surface area (Å²) in [6.45, 7) is 5.04. The molecule has 0 spiro atoms. The number of halogens is 1. The van der Waals surface area contributed by atoms with E-state index in [0.717, 1.165) is 5.56 Å². The van der Waals surface area contributed by atoms with Crippen molar-refractivity contribution in [2.45, 2.75) is 32.9 Å². The third-order valence-corrected chi connectivity index (χ3v) is 5.49. The van der Waals surface area contributed by atoms with E-state index in [1.165, 1.54) is 21.0 Å². The van der Waals surface area contributed by atoms with Crippen molar-refractivity contribution in [1.29, 1.82) is 0 Å². The number of carbonyl (C=O) groups excluding carboxylic acids is 1. The van der Waals surface area contributed by atoms with E-state index >= 15 is 0 Å². The molecular weight excluding hydrogens is 380 g/mol. The highest BCUT2D eigenvalue weighted by Gasteiger charge is 2.47. The van der Waals surface area contributed by atoms with Crippen molar-refractivity contribution in [3.63, 3.8) is 0 Å². The summed E-state index contributed by atoms with van der Waals surface area (Å²) in [5.74, 6) is -0.504. The molecule has 0 saturated heterocycles. The van der Waals surface area contributed by atoms with Gasteiger partial charge < -0.3 is 25.3 Å². The molecule has 0 amide bonds. The maximum absolute atomic E-state index is 11.9. The summed E-state index contributed by atoms with van der Waals surface area (Å²) in [4.78, 5) is 23.6. The number of hydrogen-bond acceptors (Lipinski definition) is 5. The number of anilines is 2. The van der Waals surface area contributed by atoms with Gasteiger partial charge in [0.1, 0.15) is 17.6 Å². The summed E-state index contributed by atoms with van der Waals surface area (Å²) in [5, 5.41) is 16.6. The molecule has 0 saturated carbocycles. The van der Waals surface area contributed by atoms with Gasteiger partial charge in [0.2, 0.25) is 0 Å². The van der Waals surface area contributed by atoms with Gasteiger partial charge in [-0.15, -0.1) is 0 Å². The van der Waals surface area contributed by atoms with Gasteiger partial charge in [-0.2, -0.15) is 0 Å². The molecule has 0 fully saturated rings. The fourth-order valence-corrected chi connectivity index (χ4v) is 2.78. The van der Waals surface area contributed by atoms with E-state index < -0.39 is 16.9 Å². The van der Waals surface area contributed by atoms with Crippen molar-refractivity contribution in [3.05, 3.63) is 53.1 Å². The molecule has 2 aromatic carbocycles. The van der Waals surface area contributed by atoms with E-state index in [2.05, 4.69) is 10.6 Å². The SMILES string of the molecule is COc1ccc(NCc2ccccc2Cl)c(NC(C)(C=O)C(C)(C)C(=O)O)c1. The average Bonchev–Trinajstić information content (AvgIpc) is 2.67. The zero-order valence-electron chi connectivity index (χ0n) is 16.4. The number of ether oxygens (including phenoxy) is 1. The highest BCUT2D eigenvalue weighted by Crippen LogP contribution is 2.37. The standard InChI is InChI=1S/C21H25ClN2O4/c1-20(2,19(26)27)21(3,13-25)24-18-11-15(28-4)9-10-17(18)23-12-14-7-5-6-8-16(14)22/h5-11,13,23-24H,12H2,1-4H3,(H,26,27). The molecule has 0 aromatic heterocycles. The predicted octanol–water partition coefficient (Wildman–Crippen LogP) is 4.44. The summed E-state index contributed by atoms with van der Waals surface area (Å²) < 4.78 is 5.28. The molecular formula is C21H25ClN2O4. The monoisotopic (exact) mass is 404 g/mol. The van der Waals surface area contributed by atoms with Crippen LogP contribution in [0.25, 0.3) is 0 Å². The van der Waals surface area contributed by atoms with Crippen LogP contribution in [0.15, 0.2) is 42.5 Å². The minimum absolute atomic E-state index is 0.459. The number of benzene rings is 2. The van der Waals surface area contributed by atoms with Crippen molar-refractivity contribution in [3.8, 4) is 5.75 Å². The van der Waals surface area contributed by atoms with E-state index in [1.54, 1.807) is 25.1 Å². The molecule has 0 radical (unpaired) electrons. The second-order valence-electron chi connectivity index (χ2n) is 7.23. The second-order valence-corrected chi connectivity index (χ2v) is 7.64. The normalized spacial score (nSPS) is 13.3. The molecule has 2 aromatic rings. The Bertz CT molecular complexity index is 869. The van der Waals surface area contributed by atoms with Gasteiger partial charge in [0, 0.05) is 17.6 Å². The molecule has 0 bridgehead atoms. The molecule has 1 unspecified atom stereocenters. The molecule has 3 N–H and O–H groups in total. The predicted molar refractivity (Wildman–Crippen MR) is 111 cm³/mol. The number of rotatable bonds is 9. The molecule has 1 atom stereocenters. The Labute approximate surface area is 169 Å². The first-order valence-corrected chi connectivity index (χ1v) is 9.15. The van der Waals surface area contributed by atoms with Gasteiger partial charge >= 0.3 is 5.97 Å². The maximum Gasteiger partial charge on any atom is 0.311 e. The molecule has 0 aliphatic carbocycles. The van der Waals surface area contributed by atoms with Crippen LogP contribution in [0.2, 0.25) is 5.02 Å². The zero-order chi connectivity index (χ0) is 20.9. The van der Waals surface area contributed by atoms with E-state index in [9.17, 15) is 14.7 Å². The Kier molecular flexibility index (Phi) is 6.56. The van der Waals surface area contributed by atoms with Crippen LogP contribution in [0.4, 0.5) is 11.4 Å². The van der Waals surface area contributed by atoms with Crippen LogP contribution >= 0.6 is 11.6 Å². The summed E-state index contributed by atoms with van der Waals surface area (Å²) in [6, 6.07) is 12.8. The third kappa shape index (κ3) is 4.39. The van der Waals surface area contributed by atoms with Gasteiger partial charge in [-0.25, -0.2) is 0 Å². The number of methoxy groups -OCH3 is 1. The highest BCUT2D eigenvalue weighted by atomic mass is 35.5. The van der Waals surface area contributed by atoms with Gasteiger partial charge in [0.05, 0.1) is 23.9 Å². The second kappa shape index (κ2) is 8.52. The lowest BCUT2D eigenvalue weighted by molar-refractivity contribution is -0.151. The lowest BCUT2D eigenvalue weighted by Crippen LogP contribution is -2.54. The van der Waals surface area contributed by atoms with Crippen molar-refractivity contribution < 1.29 is 19.4 Å². The van der Waals surface area contributed by atoms with E-state index in [1.807, 2.05) is 24.3 Å². The first-order valence-electron chi connectivity index (χ1n) is 8.78. The topological polar surface area (TPSA) is 87.7 Å². The maximum atomic E-state index is 11.9. The number of carbonyl (C=O) groups is 2. The van der Waals surface area contributed by atoms with Crippen molar-refractivity contribution in [1.82, 2.24) is 0 Å². The van der Waals surface area contributed by atoms with Gasteiger partial charge in [0.15, 0.2) is 0 Å². The Balaban J connectivity index is 2.38. The quantitative estimate of drug-likeness (QED) is 0.535. The van der Waals surface area contributed by atoms with Gasteiger partial charge in [-0.05, 0) is 44.5 Å². The summed E-state index contributed by atoms with van der Waals surface area (Å²) >= 11 is 6.21. The highest BCUT2D eigenvalue weighted by molar-refractivity contribution is 6.31. The fourth-order valence-electron chi connectivity index (χ4n) is 2.58. The molecule has 6 nitrogen and oxygen atoms in total. The number of aliphatic carboxylic acids is 1. The van der Waals surface area contributed by atoms with Crippen molar-refractivity contribution in [2.24, 2.45) is 5.41 Å². The summed E-state index contributed by atoms with van der Waals surface area (Å²) in [5.41, 5.74) is -0.551. The van der Waals surface area contributed by atoms with Crippen LogP contribution in [-0.4, -0.2) is 30.0 Å². The molecule has 7 heteroatoms. The van der Waals surface area contributed by atoms with E-state index in [-0.39, 0.29) is 0 Å². The Morgan fingerprint density at radius 3 is 2.43 bits per heavy atom. The summed E-state index contributed by atoms with van der Waals surface area (Å²) in [7, 11) is 1.54. The van der Waals surface area contributed by atoms with Crippen LogP contribution in [0.1, 0.15) is 26.3 Å². The number of nitrogens with one attached hydrogen (secondary N) is 2. The first kappa shape index (κ1) is 21.6. The fraction of sp³-hybridized carbons (Fsp3) is 0.333. The number of aldehydes is 1. The number of hydrogen-bond donors (Lipinski definition) is 3. The van der Waals surface area contributed by atoms with Crippen molar-refractivity contribution in [2.75, 3.05) is 17.7 Å². The van der Waals surface area contributed by atoms with Crippen LogP contribution in [0.3, 0.4) is 0 Å². The minimum Gasteiger partial charge on any atom is -0.497 e. The molecule has 0 aliphatic heterocycles. The number of carboxylic acid groups (broad SMARTS) is 1. The largest absolute Gasteiger partial charge is 0.497 e. The number of carboxylic acids is 1. The zero-order valence-corrected chi connectivity index (χ0v) is 17.1. The van der Waals surface area contributed by atoms with Crippen LogP contribution < -0.4 is 15.4 Å². The van der Waals surface area contributed by atoms with Crippen LogP contribution in [0.5, 0.6) is 5.75 Å². The third-order valence-electron chi connectivity index (χ3n) is 5.12. The molecule has 0 aliphatic rings.